The van der Waals surface area contributed by atoms with E-state index in [0.29, 0.717) is 5.92 Å². The number of fused-ring (bicyclic) bond motifs is 2. The van der Waals surface area contributed by atoms with Crippen molar-refractivity contribution in [1.29, 1.82) is 0 Å². The molecule has 0 amide bonds. The van der Waals surface area contributed by atoms with Gasteiger partial charge in [0.05, 0.1) is 6.61 Å². The fraction of sp³-hybridized carbons (Fsp3) is 0.0769. The number of rotatable bonds is 2. The van der Waals surface area contributed by atoms with Gasteiger partial charge in [-0.25, -0.2) is 0 Å². The number of aliphatic hydroxyl groups is 1. The van der Waals surface area contributed by atoms with Crippen LogP contribution in [0.4, 0.5) is 0 Å². The average molecular weight is 397 g/mol. The third-order valence-electron chi connectivity index (χ3n) is 4.84. The number of hydrogen-bond donors (Lipinski definition) is 1. The van der Waals surface area contributed by atoms with Crippen LogP contribution in [0.25, 0.3) is 16.8 Å². The molecular formula is C26H21OTi-. The molecule has 4 aromatic rings. The van der Waals surface area contributed by atoms with Crippen molar-refractivity contribution in [3.05, 3.63) is 125 Å². The summed E-state index contributed by atoms with van der Waals surface area (Å²) in [6, 6.07) is 34.5. The molecule has 0 spiro atoms. The summed E-state index contributed by atoms with van der Waals surface area (Å²) in [6.45, 7) is 0.140. The van der Waals surface area contributed by atoms with Gasteiger partial charge in [0.25, 0.3) is 0 Å². The second-order valence-corrected chi connectivity index (χ2v) is 6.61. The molecule has 4 aromatic carbocycles. The van der Waals surface area contributed by atoms with E-state index >= 15 is 0 Å². The quantitative estimate of drug-likeness (QED) is 0.326. The van der Waals surface area contributed by atoms with E-state index in [4.69, 9.17) is 5.11 Å². The molecule has 1 unspecified atom stereocenters. The Kier molecular flexibility index (Phi) is 7.00. The second-order valence-electron chi connectivity index (χ2n) is 6.61. The van der Waals surface area contributed by atoms with Gasteiger partial charge in [0, 0.05) is 27.6 Å². The van der Waals surface area contributed by atoms with Crippen molar-refractivity contribution in [2.75, 3.05) is 0 Å². The van der Waals surface area contributed by atoms with Crippen molar-refractivity contribution in [1.82, 2.24) is 0 Å². The predicted octanol–water partition coefficient (Wildman–Crippen LogP) is 5.98. The molecule has 1 aliphatic carbocycles. The predicted molar refractivity (Wildman–Crippen MR) is 112 cm³/mol. The smallest absolute Gasteiger partial charge is 0.0681 e. The topological polar surface area (TPSA) is 20.2 Å². The van der Waals surface area contributed by atoms with Crippen LogP contribution in [0, 0.1) is 6.07 Å². The third kappa shape index (κ3) is 4.51. The molecule has 0 radical (unpaired) electrons. The zero-order chi connectivity index (χ0) is 18.5. The standard InChI is InChI=1S/C19H13.C7H8O.Ti/c1-2-7-16-13-17(10-9-14(16)5-1)19-12-11-15-6-3-4-8-18(15)19;8-6-7-4-2-1-3-5-7;/h1-12,19H;1-5,8H,6H2;/q-1;;. The molecule has 0 saturated carbocycles. The molecule has 5 rings (SSSR count). The van der Waals surface area contributed by atoms with Crippen molar-refractivity contribution in [2.45, 2.75) is 12.5 Å². The van der Waals surface area contributed by atoms with Crippen molar-refractivity contribution >= 4 is 16.8 Å². The summed E-state index contributed by atoms with van der Waals surface area (Å²) in [5.74, 6) is 0.348. The first-order chi connectivity index (χ1) is 13.3. The van der Waals surface area contributed by atoms with E-state index in [2.05, 4.69) is 78.9 Å². The maximum absolute atomic E-state index is 8.54. The fourth-order valence-corrected chi connectivity index (χ4v) is 3.42. The minimum Gasteiger partial charge on any atom is -0.392 e. The Morgan fingerprint density at radius 2 is 1.46 bits per heavy atom. The molecule has 28 heavy (non-hydrogen) atoms. The van der Waals surface area contributed by atoms with Crippen molar-refractivity contribution in [3.8, 4) is 0 Å². The molecular weight excluding hydrogens is 376 g/mol. The number of aliphatic hydroxyl groups excluding tert-OH is 1. The third-order valence-corrected chi connectivity index (χ3v) is 4.84. The van der Waals surface area contributed by atoms with Crippen LogP contribution >= 0.6 is 0 Å². The van der Waals surface area contributed by atoms with E-state index in [-0.39, 0.29) is 28.3 Å². The Labute approximate surface area is 181 Å². The summed E-state index contributed by atoms with van der Waals surface area (Å²) in [4.78, 5) is 0. The summed E-state index contributed by atoms with van der Waals surface area (Å²) in [5, 5.41) is 11.0. The van der Waals surface area contributed by atoms with E-state index < -0.39 is 0 Å². The molecule has 0 aliphatic heterocycles. The molecule has 136 valence electrons. The van der Waals surface area contributed by atoms with Crippen LogP contribution in [-0.2, 0) is 28.3 Å². The molecule has 1 nitrogen and oxygen atoms in total. The van der Waals surface area contributed by atoms with Crippen LogP contribution in [0.1, 0.15) is 28.2 Å². The maximum Gasteiger partial charge on any atom is 0.0681 e. The summed E-state index contributed by atoms with van der Waals surface area (Å²) < 4.78 is 0. The van der Waals surface area contributed by atoms with Crippen molar-refractivity contribution < 1.29 is 26.8 Å². The van der Waals surface area contributed by atoms with Crippen LogP contribution < -0.4 is 0 Å². The zero-order valence-corrected chi connectivity index (χ0v) is 17.1. The van der Waals surface area contributed by atoms with Gasteiger partial charge in [-0.05, 0) is 16.7 Å². The molecule has 1 atom stereocenters. The monoisotopic (exact) mass is 397 g/mol. The van der Waals surface area contributed by atoms with E-state index in [1.807, 2.05) is 30.3 Å². The number of hydrogen-bond acceptors (Lipinski definition) is 1. The Morgan fingerprint density at radius 3 is 2.25 bits per heavy atom. The zero-order valence-electron chi connectivity index (χ0n) is 15.5. The van der Waals surface area contributed by atoms with Gasteiger partial charge >= 0.3 is 0 Å². The average Bonchev–Trinajstić information content (AvgIpc) is 3.19. The summed E-state index contributed by atoms with van der Waals surface area (Å²) >= 11 is 0. The minimum atomic E-state index is 0. The number of benzene rings is 4. The summed E-state index contributed by atoms with van der Waals surface area (Å²) in [7, 11) is 0. The Bertz CT molecular complexity index is 1070. The molecule has 0 fully saturated rings. The van der Waals surface area contributed by atoms with Crippen LogP contribution in [0.2, 0.25) is 0 Å². The first-order valence-electron chi connectivity index (χ1n) is 9.18. The van der Waals surface area contributed by atoms with Gasteiger partial charge in [-0.15, -0.1) is 46.7 Å². The van der Waals surface area contributed by atoms with Gasteiger partial charge in [-0.3, -0.25) is 0 Å². The van der Waals surface area contributed by atoms with E-state index in [9.17, 15) is 0 Å². The van der Waals surface area contributed by atoms with E-state index in [1.54, 1.807) is 0 Å². The Hall–Kier alpha value is -2.45. The molecule has 1 N–H and O–H groups in total. The van der Waals surface area contributed by atoms with Crippen LogP contribution in [-0.4, -0.2) is 5.11 Å². The maximum atomic E-state index is 8.54. The van der Waals surface area contributed by atoms with Crippen molar-refractivity contribution in [3.63, 3.8) is 0 Å². The van der Waals surface area contributed by atoms with Crippen molar-refractivity contribution in [2.24, 2.45) is 0 Å². The first kappa shape index (κ1) is 20.3. The van der Waals surface area contributed by atoms with Gasteiger partial charge in [0.15, 0.2) is 0 Å². The Morgan fingerprint density at radius 1 is 0.750 bits per heavy atom. The molecule has 0 aromatic heterocycles. The van der Waals surface area contributed by atoms with Crippen LogP contribution in [0.5, 0.6) is 0 Å². The van der Waals surface area contributed by atoms with E-state index in [1.165, 1.54) is 27.5 Å². The van der Waals surface area contributed by atoms with Gasteiger partial charge in [0.1, 0.15) is 0 Å². The normalized spacial score (nSPS) is 14.0. The van der Waals surface area contributed by atoms with Crippen LogP contribution in [0.15, 0.2) is 97.1 Å². The van der Waals surface area contributed by atoms with Gasteiger partial charge in [-0.1, -0.05) is 78.9 Å². The molecule has 0 saturated heterocycles. The first-order valence-corrected chi connectivity index (χ1v) is 9.18. The van der Waals surface area contributed by atoms with Crippen LogP contribution in [0.3, 0.4) is 0 Å². The summed E-state index contributed by atoms with van der Waals surface area (Å²) in [6.07, 6.45) is 4.48. The summed E-state index contributed by atoms with van der Waals surface area (Å²) in [5.41, 5.74) is 4.93. The molecule has 2 heteroatoms. The minimum absolute atomic E-state index is 0. The fourth-order valence-electron chi connectivity index (χ4n) is 3.42. The largest absolute Gasteiger partial charge is 0.392 e. The van der Waals surface area contributed by atoms with Gasteiger partial charge in [0.2, 0.25) is 0 Å². The number of allylic oxidation sites excluding steroid dienone is 1. The van der Waals surface area contributed by atoms with Gasteiger partial charge in [-0.2, -0.15) is 0 Å². The molecule has 0 bridgehead atoms. The van der Waals surface area contributed by atoms with E-state index in [0.717, 1.165) is 5.56 Å². The van der Waals surface area contributed by atoms with Gasteiger partial charge < -0.3 is 5.11 Å². The Balaban J connectivity index is 0.000000213. The second kappa shape index (κ2) is 9.66. The molecule has 1 aliphatic rings. The SMILES string of the molecule is OCc1ccccc1.[Ti].[c-]1c(C2C=Cc3ccccc32)ccc2ccccc12. The molecule has 0 heterocycles.